The zero-order valence-corrected chi connectivity index (χ0v) is 13.6. The van der Waals surface area contributed by atoms with E-state index in [1.54, 1.807) is 25.6 Å². The van der Waals surface area contributed by atoms with Gasteiger partial charge in [0.25, 0.3) is 0 Å². The molecule has 0 saturated heterocycles. The van der Waals surface area contributed by atoms with Gasteiger partial charge in [0.05, 0.1) is 17.6 Å². The molecule has 19 heavy (non-hydrogen) atoms. The molecule has 0 aliphatic rings. The van der Waals surface area contributed by atoms with Crippen LogP contribution < -0.4 is 10.1 Å². The average molecular weight is 285 g/mol. The maximum Gasteiger partial charge on any atom is 0.134 e. The number of thiophene rings is 1. The fraction of sp³-hybridized carbons (Fsp3) is 0.733. The number of ether oxygens (including phenoxy) is 2. The van der Waals surface area contributed by atoms with Crippen LogP contribution in [0.4, 0.5) is 0 Å². The Labute approximate surface area is 121 Å². The van der Waals surface area contributed by atoms with Gasteiger partial charge in [-0.2, -0.15) is 0 Å². The number of rotatable bonds is 9. The quantitative estimate of drug-likeness (QED) is 0.744. The lowest BCUT2D eigenvalue weighted by atomic mass is 9.98. The molecule has 0 aliphatic carbocycles. The molecule has 1 rings (SSSR count). The molecule has 110 valence electrons. The van der Waals surface area contributed by atoms with Crippen LogP contribution in [-0.4, -0.2) is 26.4 Å². The molecule has 0 radical (unpaired) electrons. The van der Waals surface area contributed by atoms with E-state index in [9.17, 15) is 0 Å². The lowest BCUT2D eigenvalue weighted by Crippen LogP contribution is -2.27. The van der Waals surface area contributed by atoms with Gasteiger partial charge in [-0.3, -0.25) is 0 Å². The third-order valence-corrected chi connectivity index (χ3v) is 4.43. The van der Waals surface area contributed by atoms with Gasteiger partial charge in [-0.25, -0.2) is 0 Å². The van der Waals surface area contributed by atoms with Gasteiger partial charge in [-0.05, 0) is 51.1 Å². The first-order valence-electron chi connectivity index (χ1n) is 6.94. The van der Waals surface area contributed by atoms with E-state index in [1.165, 1.54) is 4.88 Å². The summed E-state index contributed by atoms with van der Waals surface area (Å²) in [5, 5.41) is 5.71. The summed E-state index contributed by atoms with van der Waals surface area (Å²) >= 11 is 1.76. The van der Waals surface area contributed by atoms with Crippen molar-refractivity contribution in [3.8, 4) is 5.75 Å². The minimum atomic E-state index is -0.0728. The van der Waals surface area contributed by atoms with Crippen molar-refractivity contribution < 1.29 is 9.47 Å². The molecule has 0 bridgehead atoms. The predicted molar refractivity (Wildman–Crippen MR) is 82.2 cm³/mol. The van der Waals surface area contributed by atoms with Gasteiger partial charge in [-0.1, -0.05) is 6.92 Å². The Balaban J connectivity index is 2.72. The van der Waals surface area contributed by atoms with Crippen LogP contribution in [-0.2, 0) is 4.74 Å². The van der Waals surface area contributed by atoms with E-state index in [-0.39, 0.29) is 5.60 Å². The lowest BCUT2D eigenvalue weighted by molar-refractivity contribution is 0.0117. The standard InChI is InChI=1S/C15H27NO2S/c1-6-10-16-12(7-9-15(2,3)18-5)14-13(17-4)8-11-19-14/h8,11-12,16H,6-7,9-10H2,1-5H3. The second kappa shape index (κ2) is 7.88. The summed E-state index contributed by atoms with van der Waals surface area (Å²) in [6, 6.07) is 2.39. The lowest BCUT2D eigenvalue weighted by Gasteiger charge is -2.26. The molecule has 0 aliphatic heterocycles. The summed E-state index contributed by atoms with van der Waals surface area (Å²) in [6.07, 6.45) is 3.21. The molecule has 0 amide bonds. The van der Waals surface area contributed by atoms with Crippen molar-refractivity contribution in [1.82, 2.24) is 5.32 Å². The largest absolute Gasteiger partial charge is 0.496 e. The Morgan fingerprint density at radius 2 is 2.11 bits per heavy atom. The van der Waals surface area contributed by atoms with E-state index in [0.29, 0.717) is 6.04 Å². The van der Waals surface area contributed by atoms with Crippen molar-refractivity contribution in [3.05, 3.63) is 16.3 Å². The average Bonchev–Trinajstić information content (AvgIpc) is 2.87. The van der Waals surface area contributed by atoms with E-state index < -0.39 is 0 Å². The summed E-state index contributed by atoms with van der Waals surface area (Å²) in [5.41, 5.74) is -0.0728. The number of hydrogen-bond donors (Lipinski definition) is 1. The van der Waals surface area contributed by atoms with Crippen molar-refractivity contribution >= 4 is 11.3 Å². The molecule has 1 aromatic heterocycles. The summed E-state index contributed by atoms with van der Waals surface area (Å²) < 4.78 is 11.0. The fourth-order valence-corrected chi connectivity index (χ4v) is 2.94. The Morgan fingerprint density at radius 1 is 1.37 bits per heavy atom. The highest BCUT2D eigenvalue weighted by atomic mass is 32.1. The molecule has 1 heterocycles. The molecular formula is C15H27NO2S. The van der Waals surface area contributed by atoms with Crippen LogP contribution in [0.3, 0.4) is 0 Å². The number of methoxy groups -OCH3 is 2. The van der Waals surface area contributed by atoms with Crippen molar-refractivity contribution in [1.29, 1.82) is 0 Å². The Bertz CT molecular complexity index is 363. The van der Waals surface area contributed by atoms with Crippen molar-refractivity contribution in [2.75, 3.05) is 20.8 Å². The van der Waals surface area contributed by atoms with Crippen LogP contribution in [0.15, 0.2) is 11.4 Å². The van der Waals surface area contributed by atoms with Crippen LogP contribution in [0, 0.1) is 0 Å². The molecule has 1 N–H and O–H groups in total. The van der Waals surface area contributed by atoms with E-state index >= 15 is 0 Å². The molecule has 1 unspecified atom stereocenters. The molecule has 0 fully saturated rings. The molecule has 1 atom stereocenters. The van der Waals surface area contributed by atoms with E-state index in [2.05, 4.69) is 31.5 Å². The maximum atomic E-state index is 5.51. The number of nitrogens with one attached hydrogen (secondary N) is 1. The highest BCUT2D eigenvalue weighted by Crippen LogP contribution is 2.34. The second-order valence-electron chi connectivity index (χ2n) is 5.36. The van der Waals surface area contributed by atoms with Gasteiger partial charge in [-0.15, -0.1) is 11.3 Å². The number of hydrogen-bond acceptors (Lipinski definition) is 4. The molecule has 0 spiro atoms. The van der Waals surface area contributed by atoms with Gasteiger partial charge in [0, 0.05) is 13.2 Å². The SMILES string of the molecule is CCCNC(CCC(C)(C)OC)c1sccc1OC. The van der Waals surface area contributed by atoms with Gasteiger partial charge in [0.15, 0.2) is 0 Å². The van der Waals surface area contributed by atoms with Crippen molar-refractivity contribution in [3.63, 3.8) is 0 Å². The van der Waals surface area contributed by atoms with Crippen LogP contribution in [0.25, 0.3) is 0 Å². The van der Waals surface area contributed by atoms with Crippen molar-refractivity contribution in [2.24, 2.45) is 0 Å². The van der Waals surface area contributed by atoms with E-state index in [4.69, 9.17) is 9.47 Å². The van der Waals surface area contributed by atoms with Crippen LogP contribution >= 0.6 is 11.3 Å². The Kier molecular flexibility index (Phi) is 6.83. The van der Waals surface area contributed by atoms with Gasteiger partial charge < -0.3 is 14.8 Å². The second-order valence-corrected chi connectivity index (χ2v) is 6.31. The first-order valence-corrected chi connectivity index (χ1v) is 7.82. The van der Waals surface area contributed by atoms with Crippen LogP contribution in [0.5, 0.6) is 5.75 Å². The van der Waals surface area contributed by atoms with Crippen molar-refractivity contribution in [2.45, 2.75) is 51.7 Å². The summed E-state index contributed by atoms with van der Waals surface area (Å²) in [7, 11) is 3.52. The van der Waals surface area contributed by atoms with E-state index in [0.717, 1.165) is 31.6 Å². The predicted octanol–water partition coefficient (Wildman–Crippen LogP) is 4.00. The van der Waals surface area contributed by atoms with Gasteiger partial charge in [0.2, 0.25) is 0 Å². The summed E-state index contributed by atoms with van der Waals surface area (Å²) in [4.78, 5) is 1.29. The maximum absolute atomic E-state index is 5.51. The Morgan fingerprint density at radius 3 is 2.68 bits per heavy atom. The van der Waals surface area contributed by atoms with Crippen LogP contribution in [0.1, 0.15) is 51.0 Å². The first kappa shape index (κ1) is 16.5. The highest BCUT2D eigenvalue weighted by molar-refractivity contribution is 7.10. The molecule has 1 aromatic rings. The van der Waals surface area contributed by atoms with Gasteiger partial charge >= 0.3 is 0 Å². The molecule has 4 heteroatoms. The fourth-order valence-electron chi connectivity index (χ4n) is 1.97. The Hall–Kier alpha value is -0.580. The smallest absolute Gasteiger partial charge is 0.134 e. The topological polar surface area (TPSA) is 30.5 Å². The minimum Gasteiger partial charge on any atom is -0.496 e. The van der Waals surface area contributed by atoms with Crippen LogP contribution in [0.2, 0.25) is 0 Å². The monoisotopic (exact) mass is 285 g/mol. The van der Waals surface area contributed by atoms with E-state index in [1.807, 2.05) is 6.07 Å². The zero-order chi connectivity index (χ0) is 14.3. The highest BCUT2D eigenvalue weighted by Gasteiger charge is 2.22. The molecule has 0 saturated carbocycles. The zero-order valence-electron chi connectivity index (χ0n) is 12.8. The molecular weight excluding hydrogens is 258 g/mol. The molecule has 3 nitrogen and oxygen atoms in total. The summed E-state index contributed by atoms with van der Waals surface area (Å²) in [6.45, 7) is 7.49. The minimum absolute atomic E-state index is 0.0728. The molecule has 0 aromatic carbocycles. The third kappa shape index (κ3) is 5.13. The first-order chi connectivity index (χ1) is 9.04. The third-order valence-electron chi connectivity index (χ3n) is 3.42. The normalized spacial score (nSPS) is 13.5. The van der Waals surface area contributed by atoms with Gasteiger partial charge in [0.1, 0.15) is 5.75 Å². The summed E-state index contributed by atoms with van der Waals surface area (Å²) in [5.74, 6) is 0.994.